The van der Waals surface area contributed by atoms with Crippen molar-refractivity contribution in [1.82, 2.24) is 9.80 Å². The molecule has 0 aliphatic carbocycles. The maximum Gasteiger partial charge on any atom is 0.414 e. The molecule has 0 spiro atoms. The maximum atomic E-state index is 11.7. The molecule has 0 aliphatic heterocycles. The fraction of sp³-hybridized carbons (Fsp3) is 0.500. The molecule has 0 N–H and O–H groups in total. The number of carbonyl (C=O) groups excluding carboxylic acids is 1. The third kappa shape index (κ3) is 3.74. The van der Waals surface area contributed by atoms with Crippen LogP contribution in [0.15, 0.2) is 24.3 Å². The van der Waals surface area contributed by atoms with Crippen molar-refractivity contribution in [2.75, 3.05) is 27.6 Å². The van der Waals surface area contributed by atoms with Crippen molar-refractivity contribution < 1.29 is 15.0 Å². The molecule has 0 radical (unpaired) electrons. The molecule has 0 heterocycles. The molecule has 1 amide bonds. The summed E-state index contributed by atoms with van der Waals surface area (Å²) in [5.74, 6) is 0.354. The Morgan fingerprint density at radius 1 is 1.50 bits per heavy atom. The van der Waals surface area contributed by atoms with Crippen molar-refractivity contribution in [2.45, 2.75) is 19.9 Å². The van der Waals surface area contributed by atoms with Crippen LogP contribution in [-0.4, -0.2) is 43.5 Å². The Hall–Kier alpha value is -1.55. The molecule has 0 unspecified atom stereocenters. The minimum Gasteiger partial charge on any atom is -0.410 e. The highest BCUT2D eigenvalue weighted by atomic mass is 16.6. The van der Waals surface area contributed by atoms with Crippen LogP contribution in [0, 0.1) is 0 Å². The van der Waals surface area contributed by atoms with E-state index in [2.05, 4.69) is 0 Å². The molecule has 0 aliphatic rings. The number of ether oxygens (including phenoxy) is 1. The highest BCUT2D eigenvalue weighted by Crippen LogP contribution is 2.22. The molecule has 1 aromatic carbocycles. The van der Waals surface area contributed by atoms with Crippen LogP contribution in [-0.2, 0) is 0 Å². The van der Waals surface area contributed by atoms with Crippen LogP contribution in [0.2, 0.25) is 0 Å². The van der Waals surface area contributed by atoms with E-state index in [9.17, 15) is 4.79 Å². The van der Waals surface area contributed by atoms with Crippen molar-refractivity contribution in [3.05, 3.63) is 29.8 Å². The smallest absolute Gasteiger partial charge is 0.410 e. The van der Waals surface area contributed by atoms with Crippen LogP contribution in [0.4, 0.5) is 4.79 Å². The number of amides is 1. The fourth-order valence-corrected chi connectivity index (χ4v) is 1.32. The van der Waals surface area contributed by atoms with Crippen molar-refractivity contribution in [2.24, 2.45) is 0 Å². The van der Waals surface area contributed by atoms with Gasteiger partial charge in [-0.2, -0.15) is 0 Å². The molecule has 0 saturated heterocycles. The zero-order chi connectivity index (χ0) is 16.9. The van der Waals surface area contributed by atoms with E-state index in [4.69, 9.17) is 10.2 Å². The Morgan fingerprint density at radius 2 is 2.22 bits per heavy atom. The molecular formula is C14H22N2O2. The van der Waals surface area contributed by atoms with Crippen molar-refractivity contribution >= 4 is 6.09 Å². The van der Waals surface area contributed by atoms with Gasteiger partial charge in [0.25, 0.3) is 0 Å². The quantitative estimate of drug-likeness (QED) is 0.828. The van der Waals surface area contributed by atoms with Gasteiger partial charge in [0, 0.05) is 25.1 Å². The second-order valence-corrected chi connectivity index (χ2v) is 4.08. The summed E-state index contributed by atoms with van der Waals surface area (Å²) in [7, 11) is 1.63. The molecule has 0 fully saturated rings. The molecule has 1 aromatic rings. The average molecular weight is 254 g/mol. The van der Waals surface area contributed by atoms with Gasteiger partial charge in [-0.25, -0.2) is 4.79 Å². The molecule has 4 nitrogen and oxygen atoms in total. The molecule has 100 valence electrons. The Kier molecular flexibility index (Phi) is 3.34. The van der Waals surface area contributed by atoms with Crippen molar-refractivity contribution in [1.29, 1.82) is 0 Å². The van der Waals surface area contributed by atoms with E-state index in [0.29, 0.717) is 17.9 Å². The molecular weight excluding hydrogens is 228 g/mol. The first-order valence-corrected chi connectivity index (χ1v) is 5.77. The zero-order valence-corrected chi connectivity index (χ0v) is 11.0. The van der Waals surface area contributed by atoms with E-state index in [-0.39, 0.29) is 0 Å². The molecule has 0 bridgehead atoms. The van der Waals surface area contributed by atoms with E-state index >= 15 is 0 Å². The van der Waals surface area contributed by atoms with Gasteiger partial charge in [0.1, 0.15) is 5.75 Å². The first-order chi connectivity index (χ1) is 10.3. The van der Waals surface area contributed by atoms with Crippen LogP contribution in [0.1, 0.15) is 30.9 Å². The Bertz CT molecular complexity index is 491. The maximum absolute atomic E-state index is 11.7. The van der Waals surface area contributed by atoms with E-state index in [0.717, 1.165) is 4.90 Å². The molecule has 18 heavy (non-hydrogen) atoms. The zero-order valence-electron chi connectivity index (χ0n) is 15.0. The topological polar surface area (TPSA) is 32.8 Å². The van der Waals surface area contributed by atoms with E-state index in [1.54, 1.807) is 38.2 Å². The summed E-state index contributed by atoms with van der Waals surface area (Å²) in [5.41, 5.74) is 0.679. The molecule has 0 aromatic heterocycles. The first-order valence-electron chi connectivity index (χ1n) is 8.08. The van der Waals surface area contributed by atoms with Crippen molar-refractivity contribution in [3.63, 3.8) is 0 Å². The summed E-state index contributed by atoms with van der Waals surface area (Å²) >= 11 is 0. The summed E-state index contributed by atoms with van der Waals surface area (Å²) in [4.78, 5) is 14.3. The second kappa shape index (κ2) is 6.40. The highest BCUT2D eigenvalue weighted by Gasteiger charge is 2.12. The molecule has 4 heteroatoms. The lowest BCUT2D eigenvalue weighted by molar-refractivity contribution is 0.165. The monoisotopic (exact) mass is 254 g/mol. The minimum absolute atomic E-state index is 0.354. The van der Waals surface area contributed by atoms with E-state index in [1.807, 2.05) is 6.92 Å². The summed E-state index contributed by atoms with van der Waals surface area (Å²) in [6.45, 7) is 1.23. The Morgan fingerprint density at radius 3 is 2.83 bits per heavy atom. The third-order valence-corrected chi connectivity index (χ3v) is 2.78. The number of rotatable bonds is 4. The van der Waals surface area contributed by atoms with E-state index in [1.165, 1.54) is 4.90 Å². The van der Waals surface area contributed by atoms with Gasteiger partial charge in [-0.3, -0.25) is 0 Å². The number of nitrogens with zero attached hydrogens (tertiary/aromatic N) is 2. The number of hydrogen-bond acceptors (Lipinski definition) is 3. The molecule has 1 rings (SSSR count). The van der Waals surface area contributed by atoms with Gasteiger partial charge in [-0.05, 0) is 45.5 Å². The predicted octanol–water partition coefficient (Wildman–Crippen LogP) is 2.76. The number of hydrogen-bond donors (Lipinski definition) is 0. The lowest BCUT2D eigenvalue weighted by Gasteiger charge is -2.21. The number of benzene rings is 1. The van der Waals surface area contributed by atoms with Gasteiger partial charge >= 0.3 is 6.09 Å². The van der Waals surface area contributed by atoms with Gasteiger partial charge in [0.05, 0.1) is 0 Å². The standard InChI is InChI=1S/C14H22N2O2/c1-6-16(5)14(17)18-13-9-7-8-12(10-13)11(2)15(3)4/h7-11H,6H2,1-5H3/t11-/m0/s1/i3D2,4D2. The summed E-state index contributed by atoms with van der Waals surface area (Å²) in [5, 5.41) is 0. The largest absolute Gasteiger partial charge is 0.414 e. The lowest BCUT2D eigenvalue weighted by Crippen LogP contribution is -2.29. The summed E-state index contributed by atoms with van der Waals surface area (Å²) in [6.07, 6.45) is -0.470. The summed E-state index contributed by atoms with van der Waals surface area (Å²) in [6, 6.07) is 6.24. The van der Waals surface area contributed by atoms with Crippen LogP contribution in [0.5, 0.6) is 5.75 Å². The van der Waals surface area contributed by atoms with Crippen molar-refractivity contribution in [3.8, 4) is 5.75 Å². The lowest BCUT2D eigenvalue weighted by atomic mass is 10.1. The SMILES string of the molecule is [2H]C([2H])N(C([2H])[2H])[C@@H](C)c1cccc(OC(=O)N(C)CC)c1. The molecule has 1 atom stereocenters. The highest BCUT2D eigenvalue weighted by molar-refractivity contribution is 5.70. The van der Waals surface area contributed by atoms with E-state index < -0.39 is 26.1 Å². The third-order valence-electron chi connectivity index (χ3n) is 2.78. The van der Waals surface area contributed by atoms with Gasteiger partial charge in [0.15, 0.2) is 0 Å². The predicted molar refractivity (Wildman–Crippen MR) is 72.9 cm³/mol. The number of carbonyl (C=O) groups is 1. The normalized spacial score (nSPS) is 15.9. The van der Waals surface area contributed by atoms with Gasteiger partial charge < -0.3 is 14.5 Å². The fourth-order valence-electron chi connectivity index (χ4n) is 1.32. The second-order valence-electron chi connectivity index (χ2n) is 4.08. The van der Waals surface area contributed by atoms with Gasteiger partial charge in [0.2, 0.25) is 0 Å². The average Bonchev–Trinajstić information content (AvgIpc) is 2.45. The first kappa shape index (κ1) is 9.39. The van der Waals surface area contributed by atoms with Crippen LogP contribution >= 0.6 is 0 Å². The van der Waals surface area contributed by atoms with Gasteiger partial charge in [-0.15, -0.1) is 0 Å². The van der Waals surface area contributed by atoms with Crippen LogP contribution < -0.4 is 4.74 Å². The Balaban J connectivity index is 2.93. The molecule has 0 saturated carbocycles. The minimum atomic E-state index is -1.42. The summed E-state index contributed by atoms with van der Waals surface area (Å²) < 4.78 is 35.1. The van der Waals surface area contributed by atoms with Crippen LogP contribution in [0.3, 0.4) is 0 Å². The van der Waals surface area contributed by atoms with Crippen LogP contribution in [0.25, 0.3) is 0 Å². The Labute approximate surface area is 115 Å². The van der Waals surface area contributed by atoms with Gasteiger partial charge in [-0.1, -0.05) is 12.1 Å².